The summed E-state index contributed by atoms with van der Waals surface area (Å²) >= 11 is 0. The van der Waals surface area contributed by atoms with Crippen molar-refractivity contribution >= 4 is 23.4 Å². The molecule has 0 bridgehead atoms. The van der Waals surface area contributed by atoms with Crippen molar-refractivity contribution in [2.75, 3.05) is 36.5 Å². The van der Waals surface area contributed by atoms with Gasteiger partial charge in [-0.2, -0.15) is 0 Å². The lowest BCUT2D eigenvalue weighted by molar-refractivity contribution is -0.119. The second-order valence-electron chi connectivity index (χ2n) is 5.01. The molecule has 6 nitrogen and oxygen atoms in total. The topological polar surface area (TPSA) is 70.7 Å². The van der Waals surface area contributed by atoms with E-state index in [2.05, 4.69) is 10.6 Å². The van der Waals surface area contributed by atoms with Crippen LogP contribution in [0.25, 0.3) is 0 Å². The van der Waals surface area contributed by atoms with Gasteiger partial charge >= 0.3 is 6.09 Å². The van der Waals surface area contributed by atoms with Crippen molar-refractivity contribution < 1.29 is 14.3 Å². The van der Waals surface area contributed by atoms with E-state index in [1.165, 1.54) is 0 Å². The van der Waals surface area contributed by atoms with Crippen molar-refractivity contribution in [3.63, 3.8) is 0 Å². The van der Waals surface area contributed by atoms with Gasteiger partial charge in [0.05, 0.1) is 6.54 Å². The molecule has 0 aromatic heterocycles. The molecule has 0 spiro atoms. The Labute approximate surface area is 124 Å². The molecule has 2 amide bonds. The summed E-state index contributed by atoms with van der Waals surface area (Å²) in [7, 11) is 0. The SMILES string of the molecule is CCNCC(C)C(=O)Nc1cccc(N2CCOC2=O)c1. The number of amides is 2. The first kappa shape index (κ1) is 15.3. The van der Waals surface area contributed by atoms with E-state index in [0.717, 1.165) is 12.2 Å². The predicted molar refractivity (Wildman–Crippen MR) is 81.5 cm³/mol. The minimum atomic E-state index is -0.348. The van der Waals surface area contributed by atoms with Crippen LogP contribution in [0.4, 0.5) is 16.2 Å². The first-order valence-electron chi connectivity index (χ1n) is 7.17. The van der Waals surface area contributed by atoms with Crippen LogP contribution in [0.5, 0.6) is 0 Å². The summed E-state index contributed by atoms with van der Waals surface area (Å²) in [4.78, 5) is 25.2. The molecule has 2 N–H and O–H groups in total. The van der Waals surface area contributed by atoms with E-state index in [0.29, 0.717) is 25.4 Å². The zero-order valence-electron chi connectivity index (χ0n) is 12.4. The number of carbonyl (C=O) groups is 2. The van der Waals surface area contributed by atoms with Gasteiger partial charge in [0.2, 0.25) is 5.91 Å². The van der Waals surface area contributed by atoms with Gasteiger partial charge in [0.15, 0.2) is 0 Å². The average molecular weight is 291 g/mol. The van der Waals surface area contributed by atoms with Gasteiger partial charge in [-0.05, 0) is 24.7 Å². The van der Waals surface area contributed by atoms with Gasteiger partial charge in [0.1, 0.15) is 6.61 Å². The van der Waals surface area contributed by atoms with Gasteiger partial charge in [-0.15, -0.1) is 0 Å². The molecule has 1 atom stereocenters. The second-order valence-corrected chi connectivity index (χ2v) is 5.01. The van der Waals surface area contributed by atoms with Crippen LogP contribution >= 0.6 is 0 Å². The molecule has 1 aromatic rings. The van der Waals surface area contributed by atoms with Crippen LogP contribution in [0.15, 0.2) is 24.3 Å². The molecular formula is C15H21N3O3. The lowest BCUT2D eigenvalue weighted by Gasteiger charge is -2.16. The van der Waals surface area contributed by atoms with Gasteiger partial charge in [-0.3, -0.25) is 9.69 Å². The summed E-state index contributed by atoms with van der Waals surface area (Å²) in [6.45, 7) is 6.29. The van der Waals surface area contributed by atoms with Gasteiger partial charge in [-0.25, -0.2) is 4.79 Å². The quantitative estimate of drug-likeness (QED) is 0.839. The van der Waals surface area contributed by atoms with E-state index in [-0.39, 0.29) is 17.9 Å². The van der Waals surface area contributed by atoms with E-state index < -0.39 is 0 Å². The molecule has 0 aliphatic carbocycles. The maximum absolute atomic E-state index is 12.1. The molecular weight excluding hydrogens is 270 g/mol. The first-order valence-corrected chi connectivity index (χ1v) is 7.17. The van der Waals surface area contributed by atoms with Crippen molar-refractivity contribution in [3.8, 4) is 0 Å². The van der Waals surface area contributed by atoms with E-state index in [4.69, 9.17) is 4.74 Å². The van der Waals surface area contributed by atoms with Crippen LogP contribution in [-0.4, -0.2) is 38.2 Å². The van der Waals surface area contributed by atoms with Crippen LogP contribution in [0.1, 0.15) is 13.8 Å². The molecule has 1 unspecified atom stereocenters. The van der Waals surface area contributed by atoms with Gasteiger partial charge < -0.3 is 15.4 Å². The zero-order chi connectivity index (χ0) is 15.2. The second kappa shape index (κ2) is 7.08. The number of anilines is 2. The lowest BCUT2D eigenvalue weighted by Crippen LogP contribution is -2.30. The number of rotatable bonds is 6. The van der Waals surface area contributed by atoms with E-state index >= 15 is 0 Å². The summed E-state index contributed by atoms with van der Waals surface area (Å²) in [5.41, 5.74) is 1.41. The van der Waals surface area contributed by atoms with Crippen molar-refractivity contribution in [2.24, 2.45) is 5.92 Å². The summed E-state index contributed by atoms with van der Waals surface area (Å²) in [6, 6.07) is 7.23. The first-order chi connectivity index (χ1) is 10.1. The number of hydrogen-bond donors (Lipinski definition) is 2. The summed E-state index contributed by atoms with van der Waals surface area (Å²) in [5.74, 6) is -0.164. The van der Waals surface area contributed by atoms with Crippen LogP contribution in [0, 0.1) is 5.92 Å². The molecule has 1 saturated heterocycles. The zero-order valence-corrected chi connectivity index (χ0v) is 12.4. The fraction of sp³-hybridized carbons (Fsp3) is 0.467. The minimum Gasteiger partial charge on any atom is -0.447 e. The number of ether oxygens (including phenoxy) is 1. The maximum atomic E-state index is 12.1. The van der Waals surface area contributed by atoms with E-state index in [1.54, 1.807) is 11.0 Å². The molecule has 1 aliphatic heterocycles. The highest BCUT2D eigenvalue weighted by atomic mass is 16.6. The van der Waals surface area contributed by atoms with Crippen molar-refractivity contribution in [3.05, 3.63) is 24.3 Å². The number of nitrogens with zero attached hydrogens (tertiary/aromatic N) is 1. The Morgan fingerprint density at radius 3 is 2.95 bits per heavy atom. The maximum Gasteiger partial charge on any atom is 0.414 e. The van der Waals surface area contributed by atoms with Crippen LogP contribution in [0.2, 0.25) is 0 Å². The lowest BCUT2D eigenvalue weighted by atomic mass is 10.1. The minimum absolute atomic E-state index is 0.0444. The molecule has 1 heterocycles. The third kappa shape index (κ3) is 3.95. The molecule has 2 rings (SSSR count). The molecule has 1 aliphatic rings. The van der Waals surface area contributed by atoms with Gasteiger partial charge in [0, 0.05) is 23.8 Å². The number of carbonyl (C=O) groups excluding carboxylic acids is 2. The van der Waals surface area contributed by atoms with E-state index in [1.807, 2.05) is 32.0 Å². The fourth-order valence-electron chi connectivity index (χ4n) is 2.10. The Kier molecular flexibility index (Phi) is 5.16. The van der Waals surface area contributed by atoms with Gasteiger partial charge in [0.25, 0.3) is 0 Å². The highest BCUT2D eigenvalue weighted by molar-refractivity contribution is 5.94. The smallest absolute Gasteiger partial charge is 0.414 e. The standard InChI is InChI=1S/C15H21N3O3/c1-3-16-10-11(2)14(19)17-12-5-4-6-13(9-12)18-7-8-21-15(18)20/h4-6,9,11,16H,3,7-8,10H2,1-2H3,(H,17,19). The van der Waals surface area contributed by atoms with Crippen molar-refractivity contribution in [1.29, 1.82) is 0 Å². The molecule has 1 fully saturated rings. The number of cyclic esters (lactones) is 1. The number of hydrogen-bond acceptors (Lipinski definition) is 4. The van der Waals surface area contributed by atoms with Crippen LogP contribution in [-0.2, 0) is 9.53 Å². The Bertz CT molecular complexity index is 519. The highest BCUT2D eigenvalue weighted by Gasteiger charge is 2.23. The largest absolute Gasteiger partial charge is 0.447 e. The monoisotopic (exact) mass is 291 g/mol. The predicted octanol–water partition coefficient (Wildman–Crippen LogP) is 1.83. The molecule has 114 valence electrons. The molecule has 0 radical (unpaired) electrons. The molecule has 0 saturated carbocycles. The summed E-state index contributed by atoms with van der Waals surface area (Å²) in [6.07, 6.45) is -0.348. The Hall–Kier alpha value is -2.08. The molecule has 1 aromatic carbocycles. The van der Waals surface area contributed by atoms with Crippen LogP contribution in [0.3, 0.4) is 0 Å². The molecule has 6 heteroatoms. The van der Waals surface area contributed by atoms with Crippen molar-refractivity contribution in [1.82, 2.24) is 5.32 Å². The van der Waals surface area contributed by atoms with Crippen molar-refractivity contribution in [2.45, 2.75) is 13.8 Å². The third-order valence-electron chi connectivity index (χ3n) is 3.33. The Morgan fingerprint density at radius 1 is 1.48 bits per heavy atom. The Morgan fingerprint density at radius 2 is 2.29 bits per heavy atom. The average Bonchev–Trinajstić information content (AvgIpc) is 2.91. The third-order valence-corrected chi connectivity index (χ3v) is 3.33. The number of nitrogens with one attached hydrogen (secondary N) is 2. The Balaban J connectivity index is 2.01. The normalized spacial score (nSPS) is 15.7. The summed E-state index contributed by atoms with van der Waals surface area (Å²) < 4.78 is 4.91. The highest BCUT2D eigenvalue weighted by Crippen LogP contribution is 2.22. The molecule has 21 heavy (non-hydrogen) atoms. The number of benzene rings is 1. The fourth-order valence-corrected chi connectivity index (χ4v) is 2.10. The van der Waals surface area contributed by atoms with Crippen LogP contribution < -0.4 is 15.5 Å². The van der Waals surface area contributed by atoms with E-state index in [9.17, 15) is 9.59 Å². The van der Waals surface area contributed by atoms with Gasteiger partial charge in [-0.1, -0.05) is 19.9 Å². The summed E-state index contributed by atoms with van der Waals surface area (Å²) in [5, 5.41) is 6.02.